The molecule has 0 aromatic carbocycles. The molecule has 1 N–H and O–H groups in total. The molecule has 1 aromatic rings. The fourth-order valence-electron chi connectivity index (χ4n) is 1.97. The van der Waals surface area contributed by atoms with Crippen LogP contribution in [-0.2, 0) is 9.53 Å². The summed E-state index contributed by atoms with van der Waals surface area (Å²) in [7, 11) is 1.42. The van der Waals surface area contributed by atoms with Crippen LogP contribution >= 0.6 is 0 Å². The molecule has 2 amide bonds. The fourth-order valence-corrected chi connectivity index (χ4v) is 1.97. The number of amides is 2. The minimum Gasteiger partial charge on any atom is -0.377 e. The summed E-state index contributed by atoms with van der Waals surface area (Å²) in [5.74, 6) is -3.85. The third-order valence-corrected chi connectivity index (χ3v) is 3.02. The van der Waals surface area contributed by atoms with Gasteiger partial charge < -0.3 is 15.0 Å². The number of nitrogens with one attached hydrogen (secondary N) is 1. The van der Waals surface area contributed by atoms with E-state index in [1.54, 1.807) is 0 Å². The van der Waals surface area contributed by atoms with E-state index in [1.807, 2.05) is 0 Å². The van der Waals surface area contributed by atoms with Gasteiger partial charge >= 0.3 is 0 Å². The van der Waals surface area contributed by atoms with Gasteiger partial charge in [0.25, 0.3) is 5.91 Å². The number of nitrogens with zero attached hydrogens (tertiary/aromatic N) is 2. The second-order valence-electron chi connectivity index (χ2n) is 4.17. The van der Waals surface area contributed by atoms with Crippen molar-refractivity contribution in [1.82, 2.24) is 15.2 Å². The fraction of sp³-hybridized carbons (Fsp3) is 0.417. The van der Waals surface area contributed by atoms with E-state index in [-0.39, 0.29) is 19.8 Å². The normalized spacial score (nSPS) is 18.8. The number of hydrogen-bond acceptors (Lipinski definition) is 4. The van der Waals surface area contributed by atoms with Gasteiger partial charge in [0, 0.05) is 19.8 Å². The summed E-state index contributed by atoms with van der Waals surface area (Å²) >= 11 is 0. The number of carbonyl (C=O) groups excluding carboxylic acids is 2. The van der Waals surface area contributed by atoms with Crippen molar-refractivity contribution in [1.29, 1.82) is 0 Å². The maximum atomic E-state index is 13.6. The topological polar surface area (TPSA) is 71.5 Å². The first-order chi connectivity index (χ1) is 9.56. The third-order valence-electron chi connectivity index (χ3n) is 3.02. The summed E-state index contributed by atoms with van der Waals surface area (Å²) in [6.07, 6.45) is 1.00. The van der Waals surface area contributed by atoms with Crippen LogP contribution in [0.5, 0.6) is 0 Å². The number of carbonyl (C=O) groups is 2. The number of pyridine rings is 1. The van der Waals surface area contributed by atoms with Gasteiger partial charge in [0.2, 0.25) is 11.9 Å². The van der Waals surface area contributed by atoms with E-state index in [9.17, 15) is 18.4 Å². The van der Waals surface area contributed by atoms with Gasteiger partial charge in [0.05, 0.1) is 18.8 Å². The van der Waals surface area contributed by atoms with Crippen LogP contribution in [0.3, 0.4) is 0 Å². The molecule has 1 unspecified atom stereocenters. The van der Waals surface area contributed by atoms with Crippen molar-refractivity contribution in [3.8, 4) is 0 Å². The highest BCUT2D eigenvalue weighted by atomic mass is 19.2. The Morgan fingerprint density at radius 1 is 1.50 bits per heavy atom. The molecule has 108 valence electrons. The van der Waals surface area contributed by atoms with Crippen LogP contribution in [0.1, 0.15) is 10.4 Å². The Kier molecular flexibility index (Phi) is 4.23. The van der Waals surface area contributed by atoms with Gasteiger partial charge in [-0.3, -0.25) is 9.59 Å². The summed E-state index contributed by atoms with van der Waals surface area (Å²) in [6, 6.07) is 0.216. The van der Waals surface area contributed by atoms with Gasteiger partial charge in [-0.2, -0.15) is 4.39 Å². The van der Waals surface area contributed by atoms with E-state index in [0.717, 1.165) is 12.3 Å². The summed E-state index contributed by atoms with van der Waals surface area (Å²) in [4.78, 5) is 28.2. The Bertz CT molecular complexity index is 539. The molecule has 20 heavy (non-hydrogen) atoms. The summed E-state index contributed by atoms with van der Waals surface area (Å²) in [5.41, 5.74) is -0.451. The molecule has 1 aliphatic heterocycles. The molecule has 1 aliphatic rings. The summed E-state index contributed by atoms with van der Waals surface area (Å²) < 4.78 is 31.8. The molecular formula is C12H13F2N3O3. The van der Waals surface area contributed by atoms with Crippen LogP contribution in [0.2, 0.25) is 0 Å². The Morgan fingerprint density at radius 3 is 2.95 bits per heavy atom. The van der Waals surface area contributed by atoms with Crippen molar-refractivity contribution in [2.45, 2.75) is 6.04 Å². The van der Waals surface area contributed by atoms with Crippen molar-refractivity contribution in [3.63, 3.8) is 0 Å². The highest BCUT2D eigenvalue weighted by molar-refractivity contribution is 5.97. The summed E-state index contributed by atoms with van der Waals surface area (Å²) in [5, 5.41) is 2.40. The molecule has 0 saturated carbocycles. The smallest absolute Gasteiger partial charge is 0.257 e. The summed E-state index contributed by atoms with van der Waals surface area (Å²) in [6.45, 7) is 0.370. The van der Waals surface area contributed by atoms with Crippen LogP contribution < -0.4 is 5.32 Å². The lowest BCUT2D eigenvalue weighted by molar-refractivity contribution is -0.130. The first-order valence-corrected chi connectivity index (χ1v) is 5.96. The average Bonchev–Trinajstić information content (AvgIpc) is 2.48. The third kappa shape index (κ3) is 2.60. The largest absolute Gasteiger partial charge is 0.377 e. The minimum absolute atomic E-state index is 0.0145. The zero-order valence-electron chi connectivity index (χ0n) is 10.7. The molecule has 1 atom stereocenters. The Hall–Kier alpha value is -2.09. The van der Waals surface area contributed by atoms with Gasteiger partial charge in [-0.1, -0.05) is 0 Å². The maximum absolute atomic E-state index is 13.6. The number of likely N-dealkylation sites (N-methyl/N-ethyl adjacent to an activating group) is 1. The molecule has 1 aromatic heterocycles. The van der Waals surface area contributed by atoms with Gasteiger partial charge in [-0.25, -0.2) is 9.37 Å². The molecular weight excluding hydrogens is 272 g/mol. The van der Waals surface area contributed by atoms with Gasteiger partial charge in [-0.15, -0.1) is 0 Å². The van der Waals surface area contributed by atoms with Crippen LogP contribution in [-0.4, -0.2) is 54.5 Å². The van der Waals surface area contributed by atoms with Crippen molar-refractivity contribution >= 4 is 11.8 Å². The number of morpholine rings is 1. The van der Waals surface area contributed by atoms with E-state index in [0.29, 0.717) is 0 Å². The van der Waals surface area contributed by atoms with E-state index >= 15 is 0 Å². The van der Waals surface area contributed by atoms with Crippen LogP contribution in [0.4, 0.5) is 8.78 Å². The second kappa shape index (κ2) is 5.91. The van der Waals surface area contributed by atoms with E-state index in [1.165, 1.54) is 11.9 Å². The maximum Gasteiger partial charge on any atom is 0.257 e. The lowest BCUT2D eigenvalue weighted by Gasteiger charge is -2.34. The molecule has 0 bridgehead atoms. The van der Waals surface area contributed by atoms with Crippen LogP contribution in [0, 0.1) is 11.8 Å². The standard InChI is InChI=1S/C12H13F2N3O3/c1-15-11(18)8-6-20-5-4-17(8)12(19)7-2-3-16-10(14)9(7)13/h2-3,8H,4-6H2,1H3,(H,15,18). The van der Waals surface area contributed by atoms with E-state index in [4.69, 9.17) is 4.74 Å². The van der Waals surface area contributed by atoms with Crippen molar-refractivity contribution in [2.75, 3.05) is 26.8 Å². The second-order valence-corrected chi connectivity index (χ2v) is 4.17. The Morgan fingerprint density at radius 2 is 2.25 bits per heavy atom. The lowest BCUT2D eigenvalue weighted by atomic mass is 10.1. The van der Waals surface area contributed by atoms with Crippen molar-refractivity contribution in [3.05, 3.63) is 29.6 Å². The van der Waals surface area contributed by atoms with Crippen molar-refractivity contribution in [2.24, 2.45) is 0 Å². The molecule has 1 fully saturated rings. The molecule has 2 heterocycles. The lowest BCUT2D eigenvalue weighted by Crippen LogP contribution is -2.55. The molecule has 1 saturated heterocycles. The monoisotopic (exact) mass is 285 g/mol. The minimum atomic E-state index is -1.35. The molecule has 0 spiro atoms. The van der Waals surface area contributed by atoms with Gasteiger partial charge in [-0.05, 0) is 6.07 Å². The average molecular weight is 285 g/mol. The number of ether oxygens (including phenoxy) is 1. The first-order valence-electron chi connectivity index (χ1n) is 5.96. The number of hydrogen-bond donors (Lipinski definition) is 1. The Balaban J connectivity index is 2.30. The van der Waals surface area contributed by atoms with Crippen LogP contribution in [0.25, 0.3) is 0 Å². The van der Waals surface area contributed by atoms with Crippen LogP contribution in [0.15, 0.2) is 12.3 Å². The first kappa shape index (κ1) is 14.3. The van der Waals surface area contributed by atoms with E-state index < -0.39 is 35.2 Å². The highest BCUT2D eigenvalue weighted by Gasteiger charge is 2.34. The molecule has 0 radical (unpaired) electrons. The zero-order valence-corrected chi connectivity index (χ0v) is 10.7. The molecule has 8 heteroatoms. The Labute approximate surface area is 113 Å². The predicted molar refractivity (Wildman–Crippen MR) is 63.9 cm³/mol. The highest BCUT2D eigenvalue weighted by Crippen LogP contribution is 2.16. The van der Waals surface area contributed by atoms with Crippen molar-refractivity contribution < 1.29 is 23.1 Å². The quantitative estimate of drug-likeness (QED) is 0.773. The number of rotatable bonds is 2. The predicted octanol–water partition coefficient (Wildman–Crippen LogP) is -0.0532. The number of halogens is 2. The zero-order chi connectivity index (χ0) is 14.7. The molecule has 0 aliphatic carbocycles. The molecule has 2 rings (SSSR count). The SMILES string of the molecule is CNC(=O)C1COCCN1C(=O)c1ccnc(F)c1F. The van der Waals surface area contributed by atoms with Gasteiger partial charge in [0.1, 0.15) is 6.04 Å². The molecule has 6 nitrogen and oxygen atoms in total. The number of aromatic nitrogens is 1. The van der Waals surface area contributed by atoms with E-state index in [2.05, 4.69) is 10.3 Å². The van der Waals surface area contributed by atoms with Gasteiger partial charge in [0.15, 0.2) is 5.82 Å².